The molecule has 0 spiro atoms. The molecule has 2 aromatic heterocycles. The molecular formula is C31H38N6O6. The Morgan fingerprint density at radius 2 is 1.77 bits per heavy atom. The van der Waals surface area contributed by atoms with Crippen molar-refractivity contribution in [1.82, 2.24) is 14.9 Å². The Bertz CT molecular complexity index is 1390. The van der Waals surface area contributed by atoms with E-state index < -0.39 is 11.5 Å². The fourth-order valence-electron chi connectivity index (χ4n) is 4.41. The van der Waals surface area contributed by atoms with Gasteiger partial charge in [-0.05, 0) is 56.7 Å². The molecule has 43 heavy (non-hydrogen) atoms. The molecule has 3 aromatic rings. The summed E-state index contributed by atoms with van der Waals surface area (Å²) in [7, 11) is 1.61. The Morgan fingerprint density at radius 3 is 2.44 bits per heavy atom. The van der Waals surface area contributed by atoms with E-state index in [1.54, 1.807) is 42.6 Å². The van der Waals surface area contributed by atoms with Gasteiger partial charge in [-0.1, -0.05) is 18.2 Å². The van der Waals surface area contributed by atoms with E-state index in [1.807, 2.05) is 51.1 Å². The van der Waals surface area contributed by atoms with Gasteiger partial charge in [0.1, 0.15) is 29.5 Å². The van der Waals surface area contributed by atoms with E-state index >= 15 is 0 Å². The van der Waals surface area contributed by atoms with E-state index in [2.05, 4.69) is 20.2 Å². The van der Waals surface area contributed by atoms with Crippen LogP contribution in [-0.4, -0.2) is 85.4 Å². The molecule has 1 aliphatic rings. The lowest BCUT2D eigenvalue weighted by Crippen LogP contribution is -2.50. The van der Waals surface area contributed by atoms with E-state index in [1.165, 1.54) is 4.90 Å². The van der Waals surface area contributed by atoms with Crippen molar-refractivity contribution in [3.63, 3.8) is 0 Å². The molecule has 3 heterocycles. The number of piperazine rings is 1. The maximum absolute atomic E-state index is 13.3. The summed E-state index contributed by atoms with van der Waals surface area (Å²) >= 11 is 0. The van der Waals surface area contributed by atoms with Gasteiger partial charge in [-0.15, -0.1) is 0 Å². The van der Waals surface area contributed by atoms with Crippen LogP contribution >= 0.6 is 0 Å². The highest BCUT2D eigenvalue weighted by atomic mass is 16.6. The molecule has 0 unspecified atom stereocenters. The smallest absolute Gasteiger partial charge is 0.410 e. The number of carbonyl (C=O) groups is 3. The molecule has 1 aromatic carbocycles. The maximum atomic E-state index is 13.3. The van der Waals surface area contributed by atoms with Crippen molar-refractivity contribution >= 4 is 35.6 Å². The number of hydrogen-bond donors (Lipinski definition) is 1. The molecule has 0 radical (unpaired) electrons. The van der Waals surface area contributed by atoms with Crippen LogP contribution in [0, 0.1) is 0 Å². The molecule has 0 saturated carbocycles. The van der Waals surface area contributed by atoms with Gasteiger partial charge in [0.2, 0.25) is 6.41 Å². The number of amides is 3. The van der Waals surface area contributed by atoms with Gasteiger partial charge in [0.25, 0.3) is 5.91 Å². The van der Waals surface area contributed by atoms with Gasteiger partial charge >= 0.3 is 6.09 Å². The number of aromatic nitrogens is 2. The van der Waals surface area contributed by atoms with Crippen molar-refractivity contribution < 1.29 is 28.6 Å². The summed E-state index contributed by atoms with van der Waals surface area (Å²) in [6.45, 7) is 8.83. The highest BCUT2D eigenvalue weighted by Crippen LogP contribution is 2.27. The fraction of sp³-hybridized carbons (Fsp3) is 0.387. The number of nitrogens with one attached hydrogen (secondary N) is 1. The van der Waals surface area contributed by atoms with Crippen LogP contribution in [0.1, 0.15) is 36.8 Å². The average molecular weight is 591 g/mol. The summed E-state index contributed by atoms with van der Waals surface area (Å²) in [6, 6.07) is 14.2. The first kappa shape index (κ1) is 31.2. The third-order valence-corrected chi connectivity index (χ3v) is 6.54. The lowest BCUT2D eigenvalue weighted by atomic mass is 10.2. The normalized spacial score (nSPS) is 13.3. The van der Waals surface area contributed by atoms with E-state index in [9.17, 15) is 14.4 Å². The van der Waals surface area contributed by atoms with Crippen LogP contribution in [-0.2, 0) is 20.8 Å². The number of nitrogens with zero attached hydrogens (tertiary/aromatic N) is 5. The first-order chi connectivity index (χ1) is 20.7. The molecule has 3 amide bonds. The summed E-state index contributed by atoms with van der Waals surface area (Å²) < 4.78 is 16.1. The average Bonchev–Trinajstić information content (AvgIpc) is 3.00. The summed E-state index contributed by atoms with van der Waals surface area (Å²) in [5, 5.41) is 2.91. The standard InChI is InChI=1S/C31H38N6O6/c1-31(2,3)43-30(40)36-16-14-35(15-17-36)27-12-13-32-20-26(27)34-29(39)25-6-5-7-28(33-25)37(22-38)21-23-8-10-24(11-9-23)42-19-18-41-4/h5-13,20,22H,14-19,21H2,1-4H3,(H,34,39). The zero-order valence-electron chi connectivity index (χ0n) is 25.0. The van der Waals surface area contributed by atoms with E-state index in [-0.39, 0.29) is 18.3 Å². The molecule has 1 N–H and O–H groups in total. The van der Waals surface area contributed by atoms with Crippen LogP contribution < -0.4 is 19.9 Å². The molecule has 1 saturated heterocycles. The summed E-state index contributed by atoms with van der Waals surface area (Å²) in [6.07, 6.45) is 3.58. The molecule has 1 aliphatic heterocycles. The zero-order valence-corrected chi connectivity index (χ0v) is 25.0. The van der Waals surface area contributed by atoms with Crippen molar-refractivity contribution in [3.05, 3.63) is 72.2 Å². The van der Waals surface area contributed by atoms with Crippen molar-refractivity contribution in [1.29, 1.82) is 0 Å². The SMILES string of the molecule is COCCOc1ccc(CN(C=O)c2cccc(C(=O)Nc3cnccc3N3CCN(C(=O)OC(C)(C)C)CC3)n2)cc1. The van der Waals surface area contributed by atoms with E-state index in [0.717, 1.165) is 11.3 Å². The maximum Gasteiger partial charge on any atom is 0.410 e. The molecule has 0 bridgehead atoms. The van der Waals surface area contributed by atoms with Crippen molar-refractivity contribution in [3.8, 4) is 5.75 Å². The number of ether oxygens (including phenoxy) is 3. The van der Waals surface area contributed by atoms with Gasteiger partial charge in [0.15, 0.2) is 0 Å². The zero-order chi connectivity index (χ0) is 30.8. The number of anilines is 3. The van der Waals surface area contributed by atoms with Crippen LogP contribution in [0.2, 0.25) is 0 Å². The van der Waals surface area contributed by atoms with E-state index in [0.29, 0.717) is 63.1 Å². The first-order valence-corrected chi connectivity index (χ1v) is 14.0. The first-order valence-electron chi connectivity index (χ1n) is 14.0. The van der Waals surface area contributed by atoms with Gasteiger partial charge in [-0.25, -0.2) is 9.78 Å². The van der Waals surface area contributed by atoms with Gasteiger partial charge in [-0.3, -0.25) is 19.5 Å². The number of hydrogen-bond acceptors (Lipinski definition) is 9. The lowest BCUT2D eigenvalue weighted by molar-refractivity contribution is -0.107. The second-order valence-corrected chi connectivity index (χ2v) is 10.9. The minimum atomic E-state index is -0.560. The van der Waals surface area contributed by atoms with Gasteiger partial charge < -0.3 is 29.3 Å². The molecule has 1 fully saturated rings. The second kappa shape index (κ2) is 14.5. The number of rotatable bonds is 11. The van der Waals surface area contributed by atoms with Gasteiger partial charge in [-0.2, -0.15) is 0 Å². The number of carbonyl (C=O) groups excluding carboxylic acids is 3. The quantitative estimate of drug-likeness (QED) is 0.261. The van der Waals surface area contributed by atoms with Crippen molar-refractivity contribution in [2.75, 3.05) is 61.6 Å². The second-order valence-electron chi connectivity index (χ2n) is 10.9. The predicted molar refractivity (Wildman–Crippen MR) is 163 cm³/mol. The Hall–Kier alpha value is -4.71. The van der Waals surface area contributed by atoms with Crippen molar-refractivity contribution in [2.24, 2.45) is 0 Å². The van der Waals surface area contributed by atoms with Crippen LogP contribution in [0.4, 0.5) is 22.0 Å². The minimum Gasteiger partial charge on any atom is -0.491 e. The molecule has 4 rings (SSSR count). The molecule has 0 aliphatic carbocycles. The molecule has 12 nitrogen and oxygen atoms in total. The monoisotopic (exact) mass is 590 g/mol. The fourth-order valence-corrected chi connectivity index (χ4v) is 4.41. The number of methoxy groups -OCH3 is 1. The van der Waals surface area contributed by atoms with Crippen LogP contribution in [0.25, 0.3) is 0 Å². The predicted octanol–water partition coefficient (Wildman–Crippen LogP) is 3.97. The Kier molecular flexibility index (Phi) is 10.5. The van der Waals surface area contributed by atoms with Gasteiger partial charge in [0, 0.05) is 39.5 Å². The number of pyridine rings is 2. The van der Waals surface area contributed by atoms with Crippen molar-refractivity contribution in [2.45, 2.75) is 32.9 Å². The topological polar surface area (TPSA) is 126 Å². The summed E-state index contributed by atoms with van der Waals surface area (Å²) in [4.78, 5) is 51.5. The number of benzene rings is 1. The van der Waals surface area contributed by atoms with Crippen LogP contribution in [0.15, 0.2) is 60.9 Å². The van der Waals surface area contributed by atoms with Crippen LogP contribution in [0.5, 0.6) is 5.75 Å². The minimum absolute atomic E-state index is 0.149. The van der Waals surface area contributed by atoms with Gasteiger partial charge in [0.05, 0.1) is 30.7 Å². The Morgan fingerprint density at radius 1 is 1.02 bits per heavy atom. The summed E-state index contributed by atoms with van der Waals surface area (Å²) in [5.74, 6) is 0.606. The highest BCUT2D eigenvalue weighted by Gasteiger charge is 2.27. The highest BCUT2D eigenvalue weighted by molar-refractivity contribution is 6.04. The third-order valence-electron chi connectivity index (χ3n) is 6.54. The Balaban J connectivity index is 1.40. The molecule has 0 atom stereocenters. The van der Waals surface area contributed by atoms with Crippen LogP contribution in [0.3, 0.4) is 0 Å². The lowest BCUT2D eigenvalue weighted by Gasteiger charge is -2.37. The Labute approximate surface area is 251 Å². The third kappa shape index (κ3) is 8.89. The molecular weight excluding hydrogens is 552 g/mol. The van der Waals surface area contributed by atoms with E-state index in [4.69, 9.17) is 14.2 Å². The molecule has 228 valence electrons. The summed E-state index contributed by atoms with van der Waals surface area (Å²) in [5.41, 5.74) is 1.76. The largest absolute Gasteiger partial charge is 0.491 e. The molecule has 12 heteroatoms.